The molecule has 0 radical (unpaired) electrons. The van der Waals surface area contributed by atoms with Crippen LogP contribution in [-0.4, -0.2) is 16.8 Å². The minimum atomic E-state index is -0.772. The Morgan fingerprint density at radius 1 is 1.77 bits per heavy atom. The summed E-state index contributed by atoms with van der Waals surface area (Å²) in [6.45, 7) is 3.66. The molecule has 0 aromatic carbocycles. The minimum Gasteiger partial charge on any atom is -0.385 e. The van der Waals surface area contributed by atoms with Crippen molar-refractivity contribution in [2.24, 2.45) is 5.92 Å². The van der Waals surface area contributed by atoms with Crippen molar-refractivity contribution >= 4 is 17.7 Å². The lowest BCUT2D eigenvalue weighted by atomic mass is 9.87. The van der Waals surface area contributed by atoms with E-state index >= 15 is 0 Å². The summed E-state index contributed by atoms with van der Waals surface area (Å²) >= 11 is 5.80. The van der Waals surface area contributed by atoms with Gasteiger partial charge in [-0.1, -0.05) is 30.7 Å². The van der Waals surface area contributed by atoms with Crippen molar-refractivity contribution in [3.05, 3.63) is 23.3 Å². The molecular weight excluding hydrogens is 190 g/mol. The Balaban J connectivity index is 0.000000424. The van der Waals surface area contributed by atoms with Gasteiger partial charge in [0.25, 0.3) is 0 Å². The van der Waals surface area contributed by atoms with E-state index in [0.717, 1.165) is 6.08 Å². The van der Waals surface area contributed by atoms with E-state index in [1.807, 2.05) is 13.0 Å². The smallest absolute Gasteiger partial charge is 0.231 e. The Bertz CT molecular complexity index is 263. The second-order valence-electron chi connectivity index (χ2n) is 2.96. The van der Waals surface area contributed by atoms with Crippen LogP contribution in [-0.2, 0) is 4.79 Å². The molecule has 2 atom stereocenters. The zero-order chi connectivity index (χ0) is 10.5. The van der Waals surface area contributed by atoms with E-state index in [2.05, 4.69) is 0 Å². The molecule has 0 bridgehead atoms. The number of hydrogen-bond donors (Lipinski definition) is 2. The van der Waals surface area contributed by atoms with Gasteiger partial charge < -0.3 is 5.11 Å². The number of halogens is 1. The van der Waals surface area contributed by atoms with Crippen LogP contribution < -0.4 is 0 Å². The van der Waals surface area contributed by atoms with E-state index in [-0.39, 0.29) is 5.92 Å². The van der Waals surface area contributed by atoms with Gasteiger partial charge in [-0.25, -0.2) is 10.2 Å². The zero-order valence-corrected chi connectivity index (χ0v) is 8.30. The summed E-state index contributed by atoms with van der Waals surface area (Å²) in [5.74, 6) is 0.0131. The van der Waals surface area contributed by atoms with Gasteiger partial charge >= 0.3 is 0 Å². The summed E-state index contributed by atoms with van der Waals surface area (Å²) in [7, 11) is 0. The van der Waals surface area contributed by atoms with Crippen LogP contribution in [0.25, 0.3) is 0 Å². The fourth-order valence-corrected chi connectivity index (χ4v) is 1.20. The number of nitrogens with one attached hydrogen (secondary N) is 1. The highest BCUT2D eigenvalue weighted by Gasteiger charge is 2.29. The molecule has 0 aromatic rings. The van der Waals surface area contributed by atoms with Crippen LogP contribution in [0.2, 0.25) is 0 Å². The average molecular weight is 202 g/mol. The van der Waals surface area contributed by atoms with Crippen LogP contribution in [0.15, 0.2) is 23.3 Å². The van der Waals surface area contributed by atoms with Crippen LogP contribution in [0, 0.1) is 11.3 Å². The van der Waals surface area contributed by atoms with E-state index in [1.54, 1.807) is 19.1 Å². The van der Waals surface area contributed by atoms with Crippen molar-refractivity contribution in [1.29, 1.82) is 5.41 Å². The molecule has 4 heteroatoms. The fraction of sp³-hybridized carbons (Fsp3) is 0.444. The van der Waals surface area contributed by atoms with Crippen molar-refractivity contribution in [3.63, 3.8) is 0 Å². The number of hydrogen-bond acceptors (Lipinski definition) is 3. The summed E-state index contributed by atoms with van der Waals surface area (Å²) < 4.78 is 0. The van der Waals surface area contributed by atoms with Gasteiger partial charge in [0.05, 0.1) is 5.60 Å². The number of rotatable bonds is 0. The topological polar surface area (TPSA) is 61.1 Å². The van der Waals surface area contributed by atoms with Crippen molar-refractivity contribution in [1.82, 2.24) is 0 Å². The van der Waals surface area contributed by atoms with Crippen LogP contribution in [0.4, 0.5) is 0 Å². The average Bonchev–Trinajstić information content (AvgIpc) is 2.01. The maximum atomic E-state index is 9.60. The molecule has 0 saturated carbocycles. The molecule has 0 aliphatic heterocycles. The Hall–Kier alpha value is -0.890. The third kappa shape index (κ3) is 3.55. The standard InChI is InChI=1S/C8H11ClO.CHNO/c1-6-7(9)4-3-5-8(6,2)10;2-1-3/h3-6,10H,1-2H3;2H. The lowest BCUT2D eigenvalue weighted by Crippen LogP contribution is -2.31. The van der Waals surface area contributed by atoms with Gasteiger partial charge in [0.1, 0.15) is 0 Å². The highest BCUT2D eigenvalue weighted by molar-refractivity contribution is 6.30. The van der Waals surface area contributed by atoms with Crippen molar-refractivity contribution < 1.29 is 9.90 Å². The molecule has 0 heterocycles. The van der Waals surface area contributed by atoms with Gasteiger partial charge in [-0.05, 0) is 13.0 Å². The van der Waals surface area contributed by atoms with Gasteiger partial charge in [-0.15, -0.1) is 0 Å². The molecule has 1 aliphatic carbocycles. The molecule has 13 heavy (non-hydrogen) atoms. The SMILES string of the molecule is CC1C(Cl)=CC=CC1(C)O.N=C=O. The highest BCUT2D eigenvalue weighted by Crippen LogP contribution is 2.31. The first kappa shape index (κ1) is 12.1. The molecule has 72 valence electrons. The Labute approximate surface area is 82.2 Å². The van der Waals surface area contributed by atoms with Gasteiger partial charge in [-0.3, -0.25) is 0 Å². The Morgan fingerprint density at radius 2 is 2.23 bits per heavy atom. The maximum absolute atomic E-state index is 9.60. The molecule has 0 saturated heterocycles. The van der Waals surface area contributed by atoms with Crippen LogP contribution in [0.1, 0.15) is 13.8 Å². The van der Waals surface area contributed by atoms with Gasteiger partial charge in [0.15, 0.2) is 0 Å². The van der Waals surface area contributed by atoms with Gasteiger partial charge in [0.2, 0.25) is 6.08 Å². The second-order valence-corrected chi connectivity index (χ2v) is 3.40. The summed E-state index contributed by atoms with van der Waals surface area (Å²) in [6, 6.07) is 0. The van der Waals surface area contributed by atoms with Crippen LogP contribution in [0.3, 0.4) is 0 Å². The summed E-state index contributed by atoms with van der Waals surface area (Å²) in [4.78, 5) is 8.35. The number of allylic oxidation sites excluding steroid dienone is 2. The Morgan fingerprint density at radius 3 is 2.54 bits per heavy atom. The monoisotopic (exact) mass is 201 g/mol. The molecule has 2 N–H and O–H groups in total. The summed E-state index contributed by atoms with van der Waals surface area (Å²) in [5, 5.41) is 15.7. The molecule has 3 nitrogen and oxygen atoms in total. The molecule has 0 aromatic heterocycles. The molecule has 2 unspecified atom stereocenters. The molecule has 1 aliphatic rings. The quantitative estimate of drug-likeness (QED) is 0.465. The third-order valence-electron chi connectivity index (χ3n) is 1.98. The third-order valence-corrected chi connectivity index (χ3v) is 2.43. The first-order chi connectivity index (χ1) is 5.95. The number of aliphatic hydroxyl groups is 1. The van der Waals surface area contributed by atoms with E-state index < -0.39 is 5.60 Å². The Kier molecular flexibility index (Phi) is 4.63. The van der Waals surface area contributed by atoms with E-state index in [0.29, 0.717) is 5.03 Å². The van der Waals surface area contributed by atoms with Crippen LogP contribution >= 0.6 is 11.6 Å². The highest BCUT2D eigenvalue weighted by atomic mass is 35.5. The lowest BCUT2D eigenvalue weighted by molar-refractivity contribution is 0.0711. The van der Waals surface area contributed by atoms with Crippen molar-refractivity contribution in [2.75, 3.05) is 0 Å². The van der Waals surface area contributed by atoms with Gasteiger partial charge in [-0.2, -0.15) is 0 Å². The minimum absolute atomic E-state index is 0.0131. The largest absolute Gasteiger partial charge is 0.385 e. The fourth-order valence-electron chi connectivity index (χ4n) is 0.903. The second kappa shape index (κ2) is 4.97. The van der Waals surface area contributed by atoms with E-state index in [9.17, 15) is 5.11 Å². The predicted octanol–water partition coefficient (Wildman–Crippen LogP) is 1.97. The normalized spacial score (nSPS) is 31.1. The molecule has 0 amide bonds. The number of isocyanates is 1. The lowest BCUT2D eigenvalue weighted by Gasteiger charge is -2.28. The summed E-state index contributed by atoms with van der Waals surface area (Å²) in [6.07, 6.45) is 6.09. The maximum Gasteiger partial charge on any atom is 0.231 e. The molecule has 0 fully saturated rings. The van der Waals surface area contributed by atoms with Crippen molar-refractivity contribution in [2.45, 2.75) is 19.4 Å². The number of carbonyl (C=O) groups excluding carboxylic acids is 1. The van der Waals surface area contributed by atoms with Crippen molar-refractivity contribution in [3.8, 4) is 0 Å². The molecule has 1 rings (SSSR count). The first-order valence-electron chi connectivity index (χ1n) is 3.77. The van der Waals surface area contributed by atoms with Crippen LogP contribution in [0.5, 0.6) is 0 Å². The predicted molar refractivity (Wildman–Crippen MR) is 51.3 cm³/mol. The first-order valence-corrected chi connectivity index (χ1v) is 4.14. The summed E-state index contributed by atoms with van der Waals surface area (Å²) in [5.41, 5.74) is -0.772. The molecule has 0 spiro atoms. The van der Waals surface area contributed by atoms with E-state index in [4.69, 9.17) is 21.8 Å². The molecular formula is C9H12ClNO2. The van der Waals surface area contributed by atoms with Gasteiger partial charge in [0, 0.05) is 11.0 Å². The zero-order valence-electron chi connectivity index (χ0n) is 7.54. The van der Waals surface area contributed by atoms with E-state index in [1.165, 1.54) is 0 Å².